The summed E-state index contributed by atoms with van der Waals surface area (Å²) in [7, 11) is 0. The topological polar surface area (TPSA) is 34.4 Å². The maximum Gasteiger partial charge on any atom is 0.119 e. The Morgan fingerprint density at radius 1 is 1.25 bits per heavy atom. The molecule has 0 aliphatic carbocycles. The van der Waals surface area contributed by atoms with Crippen molar-refractivity contribution in [3.05, 3.63) is 53.5 Å². The highest BCUT2D eigenvalue weighted by molar-refractivity contribution is 5.37. The average molecular weight is 273 g/mol. The molecule has 0 bridgehead atoms. The van der Waals surface area contributed by atoms with Crippen molar-refractivity contribution in [3.8, 4) is 5.75 Å². The average Bonchev–Trinajstić information content (AvgIpc) is 2.87. The first-order valence-electron chi connectivity index (χ1n) is 7.26. The van der Waals surface area contributed by atoms with Crippen LogP contribution in [0.5, 0.6) is 5.75 Å². The molecule has 0 amide bonds. The minimum Gasteiger partial charge on any atom is -0.494 e. The van der Waals surface area contributed by atoms with Gasteiger partial charge in [0.1, 0.15) is 11.5 Å². The summed E-state index contributed by atoms with van der Waals surface area (Å²) in [5.41, 5.74) is 2.39. The fourth-order valence-corrected chi connectivity index (χ4v) is 2.34. The molecule has 0 aliphatic rings. The molecule has 2 aromatic rings. The second kappa shape index (κ2) is 7.15. The number of aryl methyl sites for hydroxylation is 1. The van der Waals surface area contributed by atoms with Crippen molar-refractivity contribution in [2.75, 3.05) is 13.2 Å². The van der Waals surface area contributed by atoms with Crippen molar-refractivity contribution >= 4 is 0 Å². The summed E-state index contributed by atoms with van der Waals surface area (Å²) in [6.45, 7) is 7.82. The Hall–Kier alpha value is -1.74. The summed E-state index contributed by atoms with van der Waals surface area (Å²) in [4.78, 5) is 0. The van der Waals surface area contributed by atoms with E-state index in [0.29, 0.717) is 6.61 Å². The van der Waals surface area contributed by atoms with Crippen LogP contribution < -0.4 is 10.1 Å². The van der Waals surface area contributed by atoms with Crippen LogP contribution >= 0.6 is 0 Å². The summed E-state index contributed by atoms with van der Waals surface area (Å²) < 4.78 is 11.1. The SMILES string of the molecule is CCCNC(c1cccc(OCC)c1)c1ccoc1C. The van der Waals surface area contributed by atoms with E-state index >= 15 is 0 Å². The van der Waals surface area contributed by atoms with Gasteiger partial charge in [0.05, 0.1) is 18.9 Å². The molecule has 2 rings (SSSR count). The van der Waals surface area contributed by atoms with E-state index in [4.69, 9.17) is 9.15 Å². The fraction of sp³-hybridized carbons (Fsp3) is 0.412. The lowest BCUT2D eigenvalue weighted by atomic mass is 9.99. The molecule has 3 heteroatoms. The van der Waals surface area contributed by atoms with Crippen molar-refractivity contribution in [1.82, 2.24) is 5.32 Å². The van der Waals surface area contributed by atoms with Crippen LogP contribution in [-0.2, 0) is 0 Å². The molecule has 1 aromatic carbocycles. The molecule has 1 heterocycles. The van der Waals surface area contributed by atoms with E-state index in [1.807, 2.05) is 32.0 Å². The van der Waals surface area contributed by atoms with Gasteiger partial charge in [-0.3, -0.25) is 0 Å². The van der Waals surface area contributed by atoms with E-state index < -0.39 is 0 Å². The van der Waals surface area contributed by atoms with E-state index in [-0.39, 0.29) is 6.04 Å². The van der Waals surface area contributed by atoms with Crippen LogP contribution in [0.4, 0.5) is 0 Å². The Morgan fingerprint density at radius 3 is 2.75 bits per heavy atom. The van der Waals surface area contributed by atoms with Crippen molar-refractivity contribution in [2.45, 2.75) is 33.2 Å². The molecule has 0 aliphatic heterocycles. The molecular weight excluding hydrogens is 250 g/mol. The number of nitrogens with one attached hydrogen (secondary N) is 1. The van der Waals surface area contributed by atoms with Crippen molar-refractivity contribution in [3.63, 3.8) is 0 Å². The molecule has 1 N–H and O–H groups in total. The Kier molecular flexibility index (Phi) is 5.24. The molecule has 0 saturated carbocycles. The lowest BCUT2D eigenvalue weighted by Crippen LogP contribution is -2.23. The van der Waals surface area contributed by atoms with Gasteiger partial charge in [0, 0.05) is 5.56 Å². The zero-order valence-corrected chi connectivity index (χ0v) is 12.5. The van der Waals surface area contributed by atoms with E-state index in [2.05, 4.69) is 24.4 Å². The number of hydrogen-bond acceptors (Lipinski definition) is 3. The summed E-state index contributed by atoms with van der Waals surface area (Å²) in [5.74, 6) is 1.87. The third kappa shape index (κ3) is 3.42. The standard InChI is InChI=1S/C17H23NO2/c1-4-10-18-17(16-9-11-20-13(16)3)14-7-6-8-15(12-14)19-5-2/h6-9,11-12,17-18H,4-5,10H2,1-3H3. The number of ether oxygens (including phenoxy) is 1. The predicted octanol–water partition coefficient (Wildman–Crippen LogP) is 4.08. The Labute approximate surface area is 121 Å². The van der Waals surface area contributed by atoms with Crippen LogP contribution in [0.3, 0.4) is 0 Å². The van der Waals surface area contributed by atoms with Gasteiger partial charge in [0.25, 0.3) is 0 Å². The highest BCUT2D eigenvalue weighted by Crippen LogP contribution is 2.28. The summed E-state index contributed by atoms with van der Waals surface area (Å²) >= 11 is 0. The molecule has 0 fully saturated rings. The highest BCUT2D eigenvalue weighted by atomic mass is 16.5. The minimum atomic E-state index is 0.147. The third-order valence-corrected chi connectivity index (χ3v) is 3.31. The Morgan fingerprint density at radius 2 is 2.10 bits per heavy atom. The number of furan rings is 1. The van der Waals surface area contributed by atoms with Gasteiger partial charge in [-0.15, -0.1) is 0 Å². The van der Waals surface area contributed by atoms with Crippen LogP contribution in [0.25, 0.3) is 0 Å². The van der Waals surface area contributed by atoms with Gasteiger partial charge in [0.2, 0.25) is 0 Å². The first-order valence-corrected chi connectivity index (χ1v) is 7.26. The van der Waals surface area contributed by atoms with Gasteiger partial charge in [-0.2, -0.15) is 0 Å². The van der Waals surface area contributed by atoms with Crippen LogP contribution in [-0.4, -0.2) is 13.2 Å². The summed E-state index contributed by atoms with van der Waals surface area (Å²) in [6.07, 6.45) is 2.84. The maximum atomic E-state index is 5.60. The molecular formula is C17H23NO2. The second-order valence-electron chi connectivity index (χ2n) is 4.82. The van der Waals surface area contributed by atoms with Crippen molar-refractivity contribution in [2.24, 2.45) is 0 Å². The van der Waals surface area contributed by atoms with E-state index in [1.54, 1.807) is 6.26 Å². The van der Waals surface area contributed by atoms with Crippen LogP contribution in [0.15, 0.2) is 41.0 Å². The molecule has 0 spiro atoms. The molecule has 20 heavy (non-hydrogen) atoms. The maximum absolute atomic E-state index is 5.60. The quantitative estimate of drug-likeness (QED) is 0.825. The Balaban J connectivity index is 2.31. The van der Waals surface area contributed by atoms with Crippen LogP contribution in [0.2, 0.25) is 0 Å². The molecule has 1 aromatic heterocycles. The zero-order chi connectivity index (χ0) is 14.4. The zero-order valence-electron chi connectivity index (χ0n) is 12.5. The lowest BCUT2D eigenvalue weighted by molar-refractivity contribution is 0.339. The molecule has 1 atom stereocenters. The number of rotatable bonds is 7. The highest BCUT2D eigenvalue weighted by Gasteiger charge is 2.17. The first kappa shape index (κ1) is 14.7. The molecule has 1 unspecified atom stereocenters. The first-order chi connectivity index (χ1) is 9.76. The van der Waals surface area contributed by atoms with Gasteiger partial charge in [0.15, 0.2) is 0 Å². The van der Waals surface area contributed by atoms with Crippen molar-refractivity contribution < 1.29 is 9.15 Å². The molecule has 3 nitrogen and oxygen atoms in total. The third-order valence-electron chi connectivity index (χ3n) is 3.31. The normalized spacial score (nSPS) is 12.3. The van der Waals surface area contributed by atoms with E-state index in [1.165, 1.54) is 11.1 Å². The van der Waals surface area contributed by atoms with Gasteiger partial charge in [-0.1, -0.05) is 19.1 Å². The molecule has 108 valence electrons. The summed E-state index contributed by atoms with van der Waals surface area (Å²) in [5, 5.41) is 3.58. The van der Waals surface area contributed by atoms with E-state index in [9.17, 15) is 0 Å². The van der Waals surface area contributed by atoms with Gasteiger partial charge < -0.3 is 14.5 Å². The van der Waals surface area contributed by atoms with Gasteiger partial charge in [-0.25, -0.2) is 0 Å². The van der Waals surface area contributed by atoms with E-state index in [0.717, 1.165) is 24.5 Å². The fourth-order valence-electron chi connectivity index (χ4n) is 2.34. The lowest BCUT2D eigenvalue weighted by Gasteiger charge is -2.19. The van der Waals surface area contributed by atoms with Crippen LogP contribution in [0, 0.1) is 6.92 Å². The van der Waals surface area contributed by atoms with Crippen molar-refractivity contribution in [1.29, 1.82) is 0 Å². The second-order valence-corrected chi connectivity index (χ2v) is 4.82. The summed E-state index contributed by atoms with van der Waals surface area (Å²) in [6, 6.07) is 10.4. The molecule has 0 radical (unpaired) electrons. The minimum absolute atomic E-state index is 0.147. The monoisotopic (exact) mass is 273 g/mol. The smallest absolute Gasteiger partial charge is 0.119 e. The Bertz CT molecular complexity index is 533. The van der Waals surface area contributed by atoms with Gasteiger partial charge in [-0.05, 0) is 50.6 Å². The predicted molar refractivity (Wildman–Crippen MR) is 81.2 cm³/mol. The largest absolute Gasteiger partial charge is 0.494 e. The van der Waals surface area contributed by atoms with Crippen LogP contribution in [0.1, 0.15) is 43.2 Å². The van der Waals surface area contributed by atoms with Gasteiger partial charge >= 0.3 is 0 Å². The number of hydrogen-bond donors (Lipinski definition) is 1. The molecule has 0 saturated heterocycles. The number of benzene rings is 1.